The molecule has 0 radical (unpaired) electrons. The van der Waals surface area contributed by atoms with Crippen molar-refractivity contribution in [3.63, 3.8) is 0 Å². The summed E-state index contributed by atoms with van der Waals surface area (Å²) in [5, 5.41) is 9.59. The van der Waals surface area contributed by atoms with Crippen LogP contribution in [0.1, 0.15) is 5.56 Å². The average Bonchev–Trinajstić information content (AvgIpc) is 2.96. The highest BCUT2D eigenvalue weighted by Gasteiger charge is 2.12. The molecule has 0 aliphatic carbocycles. The molecule has 3 aromatic rings. The second kappa shape index (κ2) is 8.31. The summed E-state index contributed by atoms with van der Waals surface area (Å²) in [6.07, 6.45) is 3.98. The molecule has 8 heteroatoms. The lowest BCUT2D eigenvalue weighted by Crippen LogP contribution is -2.12. The summed E-state index contributed by atoms with van der Waals surface area (Å²) in [5.74, 6) is 0.429. The van der Waals surface area contributed by atoms with E-state index in [1.807, 2.05) is 25.2 Å². The molecule has 0 spiro atoms. The van der Waals surface area contributed by atoms with Gasteiger partial charge in [-0.05, 0) is 62.0 Å². The largest absolute Gasteiger partial charge is 0.389 e. The number of benzene rings is 2. The van der Waals surface area contributed by atoms with Crippen LogP contribution in [0.3, 0.4) is 0 Å². The van der Waals surface area contributed by atoms with E-state index in [1.54, 1.807) is 6.08 Å². The predicted molar refractivity (Wildman–Crippen MR) is 117 cm³/mol. The van der Waals surface area contributed by atoms with E-state index in [4.69, 9.17) is 46.3 Å². The van der Waals surface area contributed by atoms with Crippen LogP contribution in [0.5, 0.6) is 0 Å². The van der Waals surface area contributed by atoms with E-state index in [9.17, 15) is 0 Å². The molecule has 27 heavy (non-hydrogen) atoms. The Hall–Kier alpha value is -2.05. The van der Waals surface area contributed by atoms with Crippen molar-refractivity contribution in [3.8, 4) is 0 Å². The lowest BCUT2D eigenvalue weighted by atomic mass is 10.0. The molecule has 1 heterocycles. The van der Waals surface area contributed by atoms with Crippen molar-refractivity contribution in [2.45, 2.75) is 6.42 Å². The summed E-state index contributed by atoms with van der Waals surface area (Å²) in [6.45, 7) is 0.840. The average molecular weight is 425 g/mol. The Morgan fingerprint density at radius 3 is 2.52 bits per heavy atom. The van der Waals surface area contributed by atoms with Gasteiger partial charge in [0.2, 0.25) is 0 Å². The van der Waals surface area contributed by atoms with Crippen LogP contribution in [-0.2, 0) is 6.42 Å². The molecule has 0 aliphatic heterocycles. The number of fused-ring (bicyclic) bond motifs is 3. The Morgan fingerprint density at radius 1 is 1.07 bits per heavy atom. The van der Waals surface area contributed by atoms with Crippen LogP contribution in [-0.4, -0.2) is 18.6 Å². The van der Waals surface area contributed by atoms with Crippen LogP contribution in [0.2, 0.25) is 10.0 Å². The minimum atomic E-state index is 0.160. The van der Waals surface area contributed by atoms with Crippen LogP contribution in [0.4, 0.5) is 5.69 Å². The Kier molecular flexibility index (Phi) is 6.07. The van der Waals surface area contributed by atoms with Gasteiger partial charge >= 0.3 is 0 Å². The molecule has 0 saturated carbocycles. The number of halogens is 3. The summed E-state index contributed by atoms with van der Waals surface area (Å²) in [6, 6.07) is 7.80. The highest BCUT2D eigenvalue weighted by molar-refractivity contribution is 6.43. The van der Waals surface area contributed by atoms with Crippen molar-refractivity contribution < 1.29 is 0 Å². The molecular formula is C19H20Cl3N5. The minimum Gasteiger partial charge on any atom is -0.389 e. The van der Waals surface area contributed by atoms with Gasteiger partial charge in [0.25, 0.3) is 0 Å². The van der Waals surface area contributed by atoms with Crippen molar-refractivity contribution in [1.82, 2.24) is 10.3 Å². The SMILES string of the molecule is CNCCc1cc(N/C(N)=C/C=C(\N)Cl)cc2c1[nH]c1cc(Cl)c(Cl)cc12. The second-order valence-corrected chi connectivity index (χ2v) is 7.40. The number of nitrogens with one attached hydrogen (secondary N) is 3. The van der Waals surface area contributed by atoms with Gasteiger partial charge in [0, 0.05) is 27.5 Å². The zero-order valence-corrected chi connectivity index (χ0v) is 16.9. The van der Waals surface area contributed by atoms with E-state index in [0.717, 1.165) is 46.0 Å². The zero-order chi connectivity index (χ0) is 19.6. The summed E-state index contributed by atoms with van der Waals surface area (Å²) in [7, 11) is 1.92. The molecule has 0 amide bonds. The first kappa shape index (κ1) is 19.7. The number of anilines is 1. The van der Waals surface area contributed by atoms with Gasteiger partial charge < -0.3 is 27.1 Å². The summed E-state index contributed by atoms with van der Waals surface area (Å²) in [5.41, 5.74) is 15.4. The number of H-pyrrole nitrogens is 1. The molecule has 0 atom stereocenters. The van der Waals surface area contributed by atoms with Crippen molar-refractivity contribution in [3.05, 3.63) is 63.0 Å². The van der Waals surface area contributed by atoms with E-state index in [0.29, 0.717) is 15.9 Å². The number of nitrogens with two attached hydrogens (primary N) is 2. The van der Waals surface area contributed by atoms with E-state index < -0.39 is 0 Å². The fraction of sp³-hybridized carbons (Fsp3) is 0.158. The van der Waals surface area contributed by atoms with Crippen molar-refractivity contribution in [2.24, 2.45) is 11.5 Å². The zero-order valence-electron chi connectivity index (χ0n) is 14.7. The van der Waals surface area contributed by atoms with Gasteiger partial charge in [-0.25, -0.2) is 0 Å². The number of hydrogen-bond donors (Lipinski definition) is 5. The molecule has 7 N–H and O–H groups in total. The quantitative estimate of drug-likeness (QED) is 0.294. The van der Waals surface area contributed by atoms with Crippen molar-refractivity contribution in [1.29, 1.82) is 0 Å². The molecular weight excluding hydrogens is 405 g/mol. The standard InChI is InChI=1S/C19H20Cl3N5/c1-25-5-4-10-6-11(26-18(24)3-2-17(22)23)7-13-12-8-14(20)15(21)9-16(12)27-19(10)13/h2-3,6-9,25-27H,4-5,23-24H2,1H3/b17-2-,18-3+. The van der Waals surface area contributed by atoms with Gasteiger partial charge in [-0.2, -0.15) is 0 Å². The molecule has 0 saturated heterocycles. The lowest BCUT2D eigenvalue weighted by molar-refractivity contribution is 0.794. The third-order valence-corrected chi connectivity index (χ3v) is 5.03. The van der Waals surface area contributed by atoms with Crippen molar-refractivity contribution >= 4 is 62.3 Å². The predicted octanol–water partition coefficient (Wildman–Crippen LogP) is 4.64. The van der Waals surface area contributed by atoms with Crippen LogP contribution in [0.15, 0.2) is 47.4 Å². The Morgan fingerprint density at radius 2 is 1.81 bits per heavy atom. The van der Waals surface area contributed by atoms with Crippen LogP contribution < -0.4 is 22.1 Å². The summed E-state index contributed by atoms with van der Waals surface area (Å²) >= 11 is 18.0. The molecule has 5 nitrogen and oxygen atoms in total. The number of rotatable bonds is 6. The molecule has 0 unspecified atom stereocenters. The molecule has 0 fully saturated rings. The maximum Gasteiger partial charge on any atom is 0.101 e. The third kappa shape index (κ3) is 4.45. The highest BCUT2D eigenvalue weighted by Crippen LogP contribution is 2.35. The van der Waals surface area contributed by atoms with Crippen molar-refractivity contribution in [2.75, 3.05) is 18.9 Å². The Labute approximate surface area is 172 Å². The van der Waals surface area contributed by atoms with E-state index in [2.05, 4.69) is 21.7 Å². The molecule has 1 aromatic heterocycles. The second-order valence-electron chi connectivity index (χ2n) is 6.15. The van der Waals surface area contributed by atoms with Gasteiger partial charge in [-0.15, -0.1) is 0 Å². The number of hydrogen-bond acceptors (Lipinski definition) is 4. The fourth-order valence-corrected chi connectivity index (χ4v) is 3.37. The normalized spacial score (nSPS) is 12.9. The Bertz CT molecular complexity index is 1050. The molecule has 142 valence electrons. The van der Waals surface area contributed by atoms with Gasteiger partial charge in [0.05, 0.1) is 15.2 Å². The van der Waals surface area contributed by atoms with Gasteiger partial charge in [0.15, 0.2) is 0 Å². The van der Waals surface area contributed by atoms with E-state index >= 15 is 0 Å². The van der Waals surface area contributed by atoms with Crippen LogP contribution in [0, 0.1) is 0 Å². The number of likely N-dealkylation sites (N-methyl/N-ethyl adjacent to an activating group) is 1. The van der Waals surface area contributed by atoms with Gasteiger partial charge in [0.1, 0.15) is 5.82 Å². The van der Waals surface area contributed by atoms with Crippen LogP contribution in [0.25, 0.3) is 21.8 Å². The topological polar surface area (TPSA) is 91.9 Å². The minimum absolute atomic E-state index is 0.160. The van der Waals surface area contributed by atoms with E-state index in [-0.39, 0.29) is 5.16 Å². The fourth-order valence-electron chi connectivity index (χ4n) is 2.98. The monoisotopic (exact) mass is 423 g/mol. The molecule has 0 aliphatic rings. The number of allylic oxidation sites excluding steroid dienone is 2. The molecule has 2 aromatic carbocycles. The maximum absolute atomic E-state index is 6.23. The summed E-state index contributed by atoms with van der Waals surface area (Å²) < 4.78 is 0. The smallest absolute Gasteiger partial charge is 0.101 e. The molecule has 0 bridgehead atoms. The number of aromatic nitrogens is 1. The van der Waals surface area contributed by atoms with Crippen LogP contribution >= 0.6 is 34.8 Å². The van der Waals surface area contributed by atoms with Gasteiger partial charge in [-0.1, -0.05) is 34.8 Å². The van der Waals surface area contributed by atoms with E-state index in [1.165, 1.54) is 6.08 Å². The molecule has 3 rings (SSSR count). The maximum atomic E-state index is 6.23. The van der Waals surface area contributed by atoms with Gasteiger partial charge in [-0.3, -0.25) is 0 Å². The lowest BCUT2D eigenvalue weighted by Gasteiger charge is -2.10. The third-order valence-electron chi connectivity index (χ3n) is 4.19. The first-order valence-electron chi connectivity index (χ1n) is 8.32. The first-order valence-corrected chi connectivity index (χ1v) is 9.46. The number of aromatic amines is 1. The Balaban J connectivity index is 2.14. The highest BCUT2D eigenvalue weighted by atomic mass is 35.5. The summed E-state index contributed by atoms with van der Waals surface area (Å²) in [4.78, 5) is 3.46. The first-order chi connectivity index (χ1) is 12.9.